The minimum Gasteiger partial charge on any atom is -0.486 e. The summed E-state index contributed by atoms with van der Waals surface area (Å²) < 4.78 is 25.8. The maximum absolute atomic E-state index is 14.5. The van der Waals surface area contributed by atoms with Gasteiger partial charge in [0, 0.05) is 6.07 Å². The summed E-state index contributed by atoms with van der Waals surface area (Å²) in [6, 6.07) is 1.55. The molecule has 100 valence electrons. The van der Waals surface area contributed by atoms with Crippen molar-refractivity contribution in [3.8, 4) is 11.5 Å². The molecule has 0 saturated heterocycles. The van der Waals surface area contributed by atoms with Crippen LogP contribution >= 0.6 is 15.9 Å². The minimum absolute atomic E-state index is 0.291. The summed E-state index contributed by atoms with van der Waals surface area (Å²) in [4.78, 5) is 14.5. The Labute approximate surface area is 117 Å². The van der Waals surface area contributed by atoms with Crippen molar-refractivity contribution in [1.82, 2.24) is 0 Å². The zero-order chi connectivity index (χ0) is 13.5. The van der Waals surface area contributed by atoms with Gasteiger partial charge in [-0.05, 0) is 35.2 Å². The van der Waals surface area contributed by atoms with E-state index in [0.29, 0.717) is 47.6 Å². The maximum Gasteiger partial charge on any atom is 0.235 e. The van der Waals surface area contributed by atoms with Gasteiger partial charge < -0.3 is 9.47 Å². The highest BCUT2D eigenvalue weighted by atomic mass is 79.9. The number of aliphatic imine (C=N–C) groups is 1. The fraction of sp³-hybridized carbons (Fsp3) is 0.462. The van der Waals surface area contributed by atoms with Crippen LogP contribution in [0.2, 0.25) is 0 Å². The number of hydrogen-bond acceptors (Lipinski definition) is 4. The Bertz CT molecular complexity index is 580. The molecule has 3 rings (SSSR count). The zero-order valence-corrected chi connectivity index (χ0v) is 11.6. The highest BCUT2D eigenvalue weighted by molar-refractivity contribution is 9.10. The number of rotatable bonds is 2. The summed E-state index contributed by atoms with van der Waals surface area (Å²) in [7, 11) is 0. The SMILES string of the molecule is O=C=NC1(c2c(F)c(Br)cc3c2OCCO3)CCC1. The highest BCUT2D eigenvalue weighted by Crippen LogP contribution is 2.53. The molecule has 0 amide bonds. The van der Waals surface area contributed by atoms with Crippen LogP contribution in [-0.4, -0.2) is 19.3 Å². The molecule has 0 aromatic heterocycles. The molecule has 0 N–H and O–H groups in total. The van der Waals surface area contributed by atoms with Crippen LogP contribution in [-0.2, 0) is 10.3 Å². The van der Waals surface area contributed by atoms with Crippen LogP contribution in [0.5, 0.6) is 11.5 Å². The third kappa shape index (κ3) is 1.86. The largest absolute Gasteiger partial charge is 0.486 e. The topological polar surface area (TPSA) is 47.9 Å². The minimum atomic E-state index is -0.847. The van der Waals surface area contributed by atoms with E-state index in [1.165, 1.54) is 0 Å². The van der Waals surface area contributed by atoms with Crippen LogP contribution in [0.3, 0.4) is 0 Å². The molecule has 1 heterocycles. The first-order valence-corrected chi connectivity index (χ1v) is 6.84. The monoisotopic (exact) mass is 327 g/mol. The van der Waals surface area contributed by atoms with Crippen molar-refractivity contribution >= 4 is 22.0 Å². The summed E-state index contributed by atoms with van der Waals surface area (Å²) in [6.45, 7) is 0.788. The van der Waals surface area contributed by atoms with Gasteiger partial charge in [-0.25, -0.2) is 9.18 Å². The average Bonchev–Trinajstić information content (AvgIpc) is 2.36. The van der Waals surface area contributed by atoms with Gasteiger partial charge in [-0.3, -0.25) is 0 Å². The van der Waals surface area contributed by atoms with E-state index in [0.717, 1.165) is 6.42 Å². The van der Waals surface area contributed by atoms with Gasteiger partial charge in [0.15, 0.2) is 11.5 Å². The van der Waals surface area contributed by atoms with Crippen LogP contribution in [0.1, 0.15) is 24.8 Å². The van der Waals surface area contributed by atoms with Crippen LogP contribution in [0.4, 0.5) is 4.39 Å². The van der Waals surface area contributed by atoms with Crippen molar-refractivity contribution in [1.29, 1.82) is 0 Å². The Morgan fingerprint density at radius 1 is 1.37 bits per heavy atom. The molecule has 0 spiro atoms. The van der Waals surface area contributed by atoms with Crippen LogP contribution in [0.25, 0.3) is 0 Å². The molecule has 1 aromatic carbocycles. The molecule has 2 aliphatic rings. The van der Waals surface area contributed by atoms with E-state index in [1.807, 2.05) is 0 Å². The van der Waals surface area contributed by atoms with E-state index < -0.39 is 11.4 Å². The molecule has 1 aliphatic heterocycles. The fourth-order valence-corrected chi connectivity index (χ4v) is 2.97. The predicted molar refractivity (Wildman–Crippen MR) is 68.7 cm³/mol. The van der Waals surface area contributed by atoms with Gasteiger partial charge in [0.25, 0.3) is 0 Å². The summed E-state index contributed by atoms with van der Waals surface area (Å²) >= 11 is 3.17. The first-order valence-electron chi connectivity index (χ1n) is 6.05. The van der Waals surface area contributed by atoms with E-state index in [9.17, 15) is 9.18 Å². The van der Waals surface area contributed by atoms with Gasteiger partial charge in [-0.2, -0.15) is 4.99 Å². The number of nitrogens with zero attached hydrogens (tertiary/aromatic N) is 1. The number of isocyanates is 1. The smallest absolute Gasteiger partial charge is 0.235 e. The van der Waals surface area contributed by atoms with E-state index in [2.05, 4.69) is 20.9 Å². The molecule has 0 unspecified atom stereocenters. The van der Waals surface area contributed by atoms with Crippen LogP contribution in [0.15, 0.2) is 15.5 Å². The molecule has 19 heavy (non-hydrogen) atoms. The Morgan fingerprint density at radius 3 is 2.74 bits per heavy atom. The lowest BCUT2D eigenvalue weighted by Crippen LogP contribution is -2.34. The number of fused-ring (bicyclic) bond motifs is 1. The molecule has 0 radical (unpaired) electrons. The summed E-state index contributed by atoms with van der Waals surface area (Å²) in [6.07, 6.45) is 3.69. The second-order valence-electron chi connectivity index (χ2n) is 4.66. The zero-order valence-electron chi connectivity index (χ0n) is 10.0. The first-order chi connectivity index (χ1) is 9.18. The second kappa shape index (κ2) is 4.62. The number of benzene rings is 1. The molecule has 0 atom stereocenters. The number of halogens is 2. The second-order valence-corrected chi connectivity index (χ2v) is 5.51. The van der Waals surface area contributed by atoms with Gasteiger partial charge in [0.1, 0.15) is 24.6 Å². The summed E-state index contributed by atoms with van der Waals surface area (Å²) in [5.41, 5.74) is -0.536. The Hall–Kier alpha value is -1.39. The standard InChI is InChI=1S/C13H11BrFNO3/c14-8-6-9-12(19-5-4-18-9)10(11(8)15)13(16-7-17)2-1-3-13/h6H,1-5H2. The van der Waals surface area contributed by atoms with Crippen molar-refractivity contribution in [3.63, 3.8) is 0 Å². The van der Waals surface area contributed by atoms with E-state index >= 15 is 0 Å². The molecule has 4 nitrogen and oxygen atoms in total. The molecular formula is C13H11BrFNO3. The van der Waals surface area contributed by atoms with Crippen molar-refractivity contribution in [2.45, 2.75) is 24.8 Å². The maximum atomic E-state index is 14.5. The van der Waals surface area contributed by atoms with Gasteiger partial charge in [0.2, 0.25) is 6.08 Å². The van der Waals surface area contributed by atoms with Crippen molar-refractivity contribution in [2.75, 3.05) is 13.2 Å². The molecule has 0 bridgehead atoms. The number of ether oxygens (including phenoxy) is 2. The Balaban J connectivity index is 2.24. The summed E-state index contributed by atoms with van der Waals surface area (Å²) in [5, 5.41) is 0. The van der Waals surface area contributed by atoms with E-state index in [1.54, 1.807) is 12.1 Å². The third-order valence-electron chi connectivity index (χ3n) is 3.63. The number of carbonyl (C=O) groups excluding carboxylic acids is 1. The summed E-state index contributed by atoms with van der Waals surface area (Å²) in [5.74, 6) is 0.412. The van der Waals surface area contributed by atoms with Gasteiger partial charge >= 0.3 is 0 Å². The lowest BCUT2D eigenvalue weighted by molar-refractivity contribution is 0.157. The van der Waals surface area contributed by atoms with Crippen LogP contribution in [0, 0.1) is 5.82 Å². The van der Waals surface area contributed by atoms with Crippen LogP contribution < -0.4 is 9.47 Å². The third-order valence-corrected chi connectivity index (χ3v) is 4.21. The van der Waals surface area contributed by atoms with Crippen molar-refractivity contribution in [2.24, 2.45) is 4.99 Å². The van der Waals surface area contributed by atoms with Gasteiger partial charge in [0.05, 0.1) is 10.0 Å². The predicted octanol–water partition coefficient (Wildman–Crippen LogP) is 3.07. The fourth-order valence-electron chi connectivity index (χ4n) is 2.56. The van der Waals surface area contributed by atoms with Crippen molar-refractivity contribution < 1.29 is 18.7 Å². The van der Waals surface area contributed by atoms with Crippen molar-refractivity contribution in [3.05, 3.63) is 21.9 Å². The molecule has 1 aliphatic carbocycles. The molecule has 1 aromatic rings. The Kier molecular flexibility index (Phi) is 3.07. The lowest BCUT2D eigenvalue weighted by atomic mass is 9.71. The first kappa shape index (κ1) is 12.6. The Morgan fingerprint density at radius 2 is 2.11 bits per heavy atom. The number of hydrogen-bond donors (Lipinski definition) is 0. The average molecular weight is 328 g/mol. The lowest BCUT2D eigenvalue weighted by Gasteiger charge is -2.39. The van der Waals surface area contributed by atoms with Gasteiger partial charge in [-0.1, -0.05) is 0 Å². The van der Waals surface area contributed by atoms with E-state index in [-0.39, 0.29) is 0 Å². The normalized spacial score (nSPS) is 19.3. The molecule has 1 fully saturated rings. The molecule has 6 heteroatoms. The molecular weight excluding hydrogens is 317 g/mol. The van der Waals surface area contributed by atoms with Gasteiger partial charge in [-0.15, -0.1) is 0 Å². The quantitative estimate of drug-likeness (QED) is 0.619. The van der Waals surface area contributed by atoms with E-state index in [4.69, 9.17) is 9.47 Å². The highest BCUT2D eigenvalue weighted by Gasteiger charge is 2.45. The molecule has 1 saturated carbocycles.